The molecule has 0 unspecified atom stereocenters. The summed E-state index contributed by atoms with van der Waals surface area (Å²) >= 11 is 18.3. The summed E-state index contributed by atoms with van der Waals surface area (Å²) in [6.07, 6.45) is 5.24. The van der Waals surface area contributed by atoms with E-state index >= 15 is 0 Å². The lowest BCUT2D eigenvalue weighted by molar-refractivity contribution is 0.124. The minimum Gasteiger partial charge on any atom is -0.312 e. The summed E-state index contributed by atoms with van der Waals surface area (Å²) in [6.45, 7) is 3.98. The fourth-order valence-corrected chi connectivity index (χ4v) is 3.20. The molecular weight excluding hydrogens is 289 g/mol. The number of rotatable bonds is 5. The summed E-state index contributed by atoms with van der Waals surface area (Å²) in [7, 11) is 0. The molecule has 100 valence electrons. The van der Waals surface area contributed by atoms with Gasteiger partial charge in [0.1, 0.15) is 0 Å². The van der Waals surface area contributed by atoms with E-state index in [-0.39, 0.29) is 0 Å². The lowest BCUT2D eigenvalue weighted by atomic mass is 9.67. The highest BCUT2D eigenvalue weighted by atomic mass is 35.5. The van der Waals surface area contributed by atoms with Gasteiger partial charge in [-0.3, -0.25) is 0 Å². The van der Waals surface area contributed by atoms with E-state index in [1.54, 1.807) is 12.1 Å². The van der Waals surface area contributed by atoms with Gasteiger partial charge in [-0.15, -0.1) is 0 Å². The van der Waals surface area contributed by atoms with E-state index in [9.17, 15) is 0 Å². The van der Waals surface area contributed by atoms with Gasteiger partial charge >= 0.3 is 0 Å². The van der Waals surface area contributed by atoms with Crippen LogP contribution in [0.5, 0.6) is 0 Å². The second-order valence-corrected chi connectivity index (χ2v) is 6.32. The molecule has 18 heavy (non-hydrogen) atoms. The maximum absolute atomic E-state index is 6.17. The minimum atomic E-state index is 0.498. The first-order valence-corrected chi connectivity index (χ1v) is 7.54. The number of hydrogen-bond acceptors (Lipinski definition) is 1. The van der Waals surface area contributed by atoms with Gasteiger partial charge in [-0.25, -0.2) is 0 Å². The van der Waals surface area contributed by atoms with Gasteiger partial charge in [0.05, 0.1) is 10.0 Å². The van der Waals surface area contributed by atoms with E-state index in [1.807, 2.05) is 0 Å². The molecular formula is C14H18Cl3N. The number of benzene rings is 1. The smallest absolute Gasteiger partial charge is 0.0652 e. The summed E-state index contributed by atoms with van der Waals surface area (Å²) in [5.41, 5.74) is 1.40. The first-order chi connectivity index (χ1) is 8.58. The molecule has 1 fully saturated rings. The highest BCUT2D eigenvalue weighted by molar-refractivity contribution is 6.44. The van der Waals surface area contributed by atoms with Gasteiger partial charge in [-0.1, -0.05) is 48.1 Å². The maximum atomic E-state index is 6.17. The lowest BCUT2D eigenvalue weighted by Crippen LogP contribution is -2.39. The van der Waals surface area contributed by atoms with Gasteiger partial charge in [-0.2, -0.15) is 0 Å². The van der Waals surface area contributed by atoms with Crippen molar-refractivity contribution in [2.75, 3.05) is 6.54 Å². The van der Waals surface area contributed by atoms with Gasteiger partial charge in [0, 0.05) is 23.7 Å². The van der Waals surface area contributed by atoms with Gasteiger partial charge in [0.2, 0.25) is 0 Å². The van der Waals surface area contributed by atoms with Crippen molar-refractivity contribution in [1.82, 2.24) is 5.32 Å². The summed E-state index contributed by atoms with van der Waals surface area (Å²) in [6, 6.07) is 3.53. The van der Waals surface area contributed by atoms with Crippen LogP contribution in [0.15, 0.2) is 12.1 Å². The third-order valence-electron chi connectivity index (χ3n) is 4.10. The Kier molecular flexibility index (Phi) is 4.82. The second kappa shape index (κ2) is 6.00. The fraction of sp³-hybridized carbons (Fsp3) is 0.571. The van der Waals surface area contributed by atoms with Crippen molar-refractivity contribution in [2.45, 2.75) is 39.2 Å². The van der Waals surface area contributed by atoms with E-state index in [2.05, 4.69) is 12.2 Å². The maximum Gasteiger partial charge on any atom is 0.0652 e. The SMILES string of the molecule is CCC1(CNCc2c(Cl)ccc(Cl)c2Cl)CCC1. The van der Waals surface area contributed by atoms with E-state index in [0.717, 1.165) is 12.1 Å². The molecule has 0 amide bonds. The molecule has 1 N–H and O–H groups in total. The molecule has 0 saturated heterocycles. The van der Waals surface area contributed by atoms with Crippen molar-refractivity contribution in [3.63, 3.8) is 0 Å². The standard InChI is InChI=1S/C14H18Cl3N/c1-2-14(6-3-7-14)9-18-8-10-11(15)4-5-12(16)13(10)17/h4-5,18H,2-3,6-9H2,1H3. The highest BCUT2D eigenvalue weighted by Crippen LogP contribution is 2.43. The third kappa shape index (κ3) is 2.96. The van der Waals surface area contributed by atoms with Crippen molar-refractivity contribution in [2.24, 2.45) is 5.41 Å². The van der Waals surface area contributed by atoms with Crippen LogP contribution >= 0.6 is 34.8 Å². The molecule has 1 aliphatic rings. The summed E-state index contributed by atoms with van der Waals surface area (Å²) in [4.78, 5) is 0. The van der Waals surface area contributed by atoms with Crippen LogP contribution in [0.2, 0.25) is 15.1 Å². The van der Waals surface area contributed by atoms with Crippen LogP contribution in [0.4, 0.5) is 0 Å². The second-order valence-electron chi connectivity index (χ2n) is 5.13. The van der Waals surface area contributed by atoms with Crippen molar-refractivity contribution < 1.29 is 0 Å². The van der Waals surface area contributed by atoms with Gasteiger partial charge in [0.15, 0.2) is 0 Å². The van der Waals surface area contributed by atoms with Crippen molar-refractivity contribution in [3.8, 4) is 0 Å². The molecule has 0 aliphatic heterocycles. The Bertz CT molecular complexity index is 422. The van der Waals surface area contributed by atoms with Crippen LogP contribution < -0.4 is 5.32 Å². The minimum absolute atomic E-state index is 0.498. The van der Waals surface area contributed by atoms with Crippen molar-refractivity contribution in [1.29, 1.82) is 0 Å². The third-order valence-corrected chi connectivity index (χ3v) is 5.30. The average Bonchev–Trinajstić information content (AvgIpc) is 2.31. The zero-order valence-electron chi connectivity index (χ0n) is 10.5. The van der Waals surface area contributed by atoms with E-state index in [4.69, 9.17) is 34.8 Å². The predicted molar refractivity (Wildman–Crippen MR) is 79.8 cm³/mol. The molecule has 0 bridgehead atoms. The van der Waals surface area contributed by atoms with Crippen LogP contribution in [-0.4, -0.2) is 6.54 Å². The van der Waals surface area contributed by atoms with Crippen LogP contribution in [-0.2, 0) is 6.54 Å². The normalized spacial score (nSPS) is 17.6. The molecule has 0 radical (unpaired) electrons. The molecule has 1 aliphatic carbocycles. The molecule has 2 rings (SSSR count). The molecule has 4 heteroatoms. The quantitative estimate of drug-likeness (QED) is 0.726. The summed E-state index contributed by atoms with van der Waals surface area (Å²) < 4.78 is 0. The highest BCUT2D eigenvalue weighted by Gasteiger charge is 2.34. The summed E-state index contributed by atoms with van der Waals surface area (Å²) in [5, 5.41) is 5.28. The Balaban J connectivity index is 1.96. The molecule has 1 aromatic rings. The number of halogens is 3. The van der Waals surface area contributed by atoms with Crippen molar-refractivity contribution in [3.05, 3.63) is 32.8 Å². The van der Waals surface area contributed by atoms with Crippen LogP contribution in [0.25, 0.3) is 0 Å². The fourth-order valence-electron chi connectivity index (χ4n) is 2.52. The van der Waals surface area contributed by atoms with Gasteiger partial charge in [-0.05, 0) is 36.8 Å². The molecule has 1 saturated carbocycles. The molecule has 0 atom stereocenters. The number of hydrogen-bond donors (Lipinski definition) is 1. The van der Waals surface area contributed by atoms with Crippen LogP contribution in [0.1, 0.15) is 38.2 Å². The molecule has 0 heterocycles. The largest absolute Gasteiger partial charge is 0.312 e. The average molecular weight is 307 g/mol. The number of nitrogens with one attached hydrogen (secondary N) is 1. The Morgan fingerprint density at radius 1 is 1.17 bits per heavy atom. The Hall–Kier alpha value is 0.0500. The van der Waals surface area contributed by atoms with Crippen LogP contribution in [0.3, 0.4) is 0 Å². The lowest BCUT2D eigenvalue weighted by Gasteiger charge is -2.41. The van der Waals surface area contributed by atoms with Crippen LogP contribution in [0, 0.1) is 5.41 Å². The van der Waals surface area contributed by atoms with Gasteiger partial charge < -0.3 is 5.32 Å². The molecule has 0 spiro atoms. The first kappa shape index (κ1) is 14.5. The van der Waals surface area contributed by atoms with E-state index < -0.39 is 0 Å². The van der Waals surface area contributed by atoms with E-state index in [0.29, 0.717) is 27.0 Å². The molecule has 1 aromatic carbocycles. The predicted octanol–water partition coefficient (Wildman–Crippen LogP) is 5.32. The monoisotopic (exact) mass is 305 g/mol. The van der Waals surface area contributed by atoms with E-state index in [1.165, 1.54) is 25.7 Å². The molecule has 1 nitrogen and oxygen atoms in total. The molecule has 0 aromatic heterocycles. The zero-order chi connectivity index (χ0) is 13.2. The zero-order valence-corrected chi connectivity index (χ0v) is 12.8. The van der Waals surface area contributed by atoms with Crippen molar-refractivity contribution >= 4 is 34.8 Å². The first-order valence-electron chi connectivity index (χ1n) is 6.41. The Labute approximate surface area is 124 Å². The Morgan fingerprint density at radius 2 is 1.83 bits per heavy atom. The Morgan fingerprint density at radius 3 is 2.39 bits per heavy atom. The summed E-state index contributed by atoms with van der Waals surface area (Å²) in [5.74, 6) is 0. The van der Waals surface area contributed by atoms with Gasteiger partial charge in [0.25, 0.3) is 0 Å². The topological polar surface area (TPSA) is 12.0 Å².